The van der Waals surface area contributed by atoms with Gasteiger partial charge in [0.25, 0.3) is 0 Å². The van der Waals surface area contributed by atoms with Crippen LogP contribution in [0.25, 0.3) is 0 Å². The highest BCUT2D eigenvalue weighted by molar-refractivity contribution is 5.77. The maximum absolute atomic E-state index is 13.2. The zero-order valence-corrected chi connectivity index (χ0v) is 18.2. The first kappa shape index (κ1) is 21.0. The van der Waals surface area contributed by atoms with E-state index in [1.54, 1.807) is 0 Å². The van der Waals surface area contributed by atoms with Crippen molar-refractivity contribution in [2.45, 2.75) is 93.6 Å². The third-order valence-electron chi connectivity index (χ3n) is 6.12. The van der Waals surface area contributed by atoms with Gasteiger partial charge in [0.2, 0.25) is 0 Å². The molecule has 0 amide bonds. The average Bonchev–Trinajstić information content (AvgIpc) is 2.51. The zero-order chi connectivity index (χ0) is 19.8. The third-order valence-corrected chi connectivity index (χ3v) is 6.12. The van der Waals surface area contributed by atoms with E-state index >= 15 is 0 Å². The van der Waals surface area contributed by atoms with E-state index in [9.17, 15) is 4.79 Å². The van der Waals surface area contributed by atoms with Crippen LogP contribution < -0.4 is 0 Å². The fraction of sp³-hybridized carbons (Fsp3) is 0.708. The topological polar surface area (TPSA) is 26.3 Å². The molecule has 0 saturated heterocycles. The first-order chi connectivity index (χ1) is 11.8. The summed E-state index contributed by atoms with van der Waals surface area (Å²) in [5.74, 6) is -0.0786. The van der Waals surface area contributed by atoms with Gasteiger partial charge in [0.05, 0.1) is 5.41 Å². The Bertz CT molecular complexity index is 645. The molecule has 1 aromatic carbocycles. The normalized spacial score (nSPS) is 18.6. The fourth-order valence-electron chi connectivity index (χ4n) is 4.07. The van der Waals surface area contributed by atoms with Crippen LogP contribution in [0.15, 0.2) is 18.2 Å². The molecule has 1 aliphatic rings. The number of esters is 1. The van der Waals surface area contributed by atoms with Gasteiger partial charge in [-0.2, -0.15) is 0 Å². The van der Waals surface area contributed by atoms with Crippen molar-refractivity contribution in [2.24, 2.45) is 16.2 Å². The van der Waals surface area contributed by atoms with Gasteiger partial charge < -0.3 is 4.74 Å². The van der Waals surface area contributed by atoms with Crippen LogP contribution in [-0.4, -0.2) is 5.97 Å². The number of fused-ring (bicyclic) bond motifs is 1. The van der Waals surface area contributed by atoms with Crippen molar-refractivity contribution in [3.05, 3.63) is 34.9 Å². The second-order valence-electron chi connectivity index (χ2n) is 10.6. The molecular weight excluding hydrogens is 320 g/mol. The molecule has 0 aromatic heterocycles. The number of carbonyl (C=O) groups is 1. The largest absolute Gasteiger partial charge is 0.457 e. The highest BCUT2D eigenvalue weighted by Gasteiger charge is 2.48. The summed E-state index contributed by atoms with van der Waals surface area (Å²) < 4.78 is 6.03. The molecule has 2 heteroatoms. The molecular formula is C24H38O2. The van der Waals surface area contributed by atoms with Crippen molar-refractivity contribution >= 4 is 5.97 Å². The first-order valence-electron chi connectivity index (χ1n) is 10.2. The monoisotopic (exact) mass is 358 g/mol. The van der Waals surface area contributed by atoms with Crippen LogP contribution in [0.3, 0.4) is 0 Å². The Hall–Kier alpha value is -1.31. The van der Waals surface area contributed by atoms with E-state index in [0.717, 1.165) is 18.4 Å². The highest BCUT2D eigenvalue weighted by Crippen LogP contribution is 2.48. The maximum atomic E-state index is 13.2. The van der Waals surface area contributed by atoms with Crippen molar-refractivity contribution in [3.63, 3.8) is 0 Å². The minimum atomic E-state index is -0.520. The van der Waals surface area contributed by atoms with E-state index < -0.39 is 5.41 Å². The third kappa shape index (κ3) is 4.69. The van der Waals surface area contributed by atoms with Gasteiger partial charge in [-0.1, -0.05) is 59.7 Å². The lowest BCUT2D eigenvalue weighted by Gasteiger charge is -2.43. The Morgan fingerprint density at radius 3 is 2.12 bits per heavy atom. The van der Waals surface area contributed by atoms with Crippen molar-refractivity contribution in [1.82, 2.24) is 0 Å². The van der Waals surface area contributed by atoms with Crippen molar-refractivity contribution in [2.75, 3.05) is 0 Å². The number of ether oxygens (including phenoxy) is 1. The second-order valence-corrected chi connectivity index (χ2v) is 10.6. The Balaban J connectivity index is 2.20. The van der Waals surface area contributed by atoms with Gasteiger partial charge >= 0.3 is 5.97 Å². The van der Waals surface area contributed by atoms with E-state index in [-0.39, 0.29) is 22.9 Å². The summed E-state index contributed by atoms with van der Waals surface area (Å²) >= 11 is 0. The summed E-state index contributed by atoms with van der Waals surface area (Å²) in [4.78, 5) is 13.2. The molecule has 2 atom stereocenters. The molecule has 146 valence electrons. The molecule has 0 spiro atoms. The number of hydrogen-bond acceptors (Lipinski definition) is 2. The average molecular weight is 359 g/mol. The van der Waals surface area contributed by atoms with Gasteiger partial charge in [-0.05, 0) is 73.5 Å². The summed E-state index contributed by atoms with van der Waals surface area (Å²) in [6.45, 7) is 17.1. The van der Waals surface area contributed by atoms with Gasteiger partial charge in [-0.25, -0.2) is 0 Å². The smallest absolute Gasteiger partial charge is 0.312 e. The van der Waals surface area contributed by atoms with E-state index in [4.69, 9.17) is 4.74 Å². The summed E-state index contributed by atoms with van der Waals surface area (Å²) in [7, 11) is 0. The standard InChI is InChI=1S/C24H38O2/c1-17(19-14-13-18-11-9-10-12-20(18)15-19)26-21(25)24(8,23(5,6)7)16-22(2,3)4/h13-15,17H,9-12,16H2,1-8H3. The minimum Gasteiger partial charge on any atom is -0.457 e. The van der Waals surface area contributed by atoms with E-state index in [0.29, 0.717) is 0 Å². The maximum Gasteiger partial charge on any atom is 0.312 e. The van der Waals surface area contributed by atoms with E-state index in [1.807, 2.05) is 6.92 Å². The SMILES string of the molecule is CC(OC(=O)C(C)(CC(C)(C)C)C(C)(C)C)c1ccc2c(c1)CCCC2. The molecule has 0 saturated carbocycles. The van der Waals surface area contributed by atoms with Gasteiger partial charge in [0.1, 0.15) is 6.10 Å². The molecule has 2 unspecified atom stereocenters. The van der Waals surface area contributed by atoms with Crippen LogP contribution in [0.2, 0.25) is 0 Å². The number of aryl methyl sites for hydroxylation is 2. The van der Waals surface area contributed by atoms with Crippen LogP contribution in [0.5, 0.6) is 0 Å². The molecule has 0 heterocycles. The highest BCUT2D eigenvalue weighted by atomic mass is 16.5. The zero-order valence-electron chi connectivity index (χ0n) is 18.2. The van der Waals surface area contributed by atoms with Crippen molar-refractivity contribution in [3.8, 4) is 0 Å². The summed E-state index contributed by atoms with van der Waals surface area (Å²) in [6.07, 6.45) is 5.47. The second kappa shape index (κ2) is 7.37. The van der Waals surface area contributed by atoms with Crippen LogP contribution >= 0.6 is 0 Å². The van der Waals surface area contributed by atoms with Gasteiger partial charge in [0, 0.05) is 0 Å². The fourth-order valence-corrected chi connectivity index (χ4v) is 4.07. The predicted octanol–water partition coefficient (Wildman–Crippen LogP) is 6.66. The molecule has 2 rings (SSSR count). The van der Waals surface area contributed by atoms with Crippen LogP contribution in [-0.2, 0) is 22.4 Å². The van der Waals surface area contributed by atoms with Crippen LogP contribution in [0, 0.1) is 16.2 Å². The lowest BCUT2D eigenvalue weighted by atomic mass is 9.61. The van der Waals surface area contributed by atoms with E-state index in [1.165, 1.54) is 30.4 Å². The molecule has 0 aliphatic heterocycles. The van der Waals surface area contributed by atoms with Crippen LogP contribution in [0.1, 0.15) is 97.4 Å². The summed E-state index contributed by atoms with van der Waals surface area (Å²) in [5.41, 5.74) is 3.40. The minimum absolute atomic E-state index is 0.0656. The number of rotatable bonds is 4. The Morgan fingerprint density at radius 1 is 1.00 bits per heavy atom. The van der Waals surface area contributed by atoms with Gasteiger partial charge in [-0.3, -0.25) is 4.79 Å². The molecule has 2 nitrogen and oxygen atoms in total. The number of benzene rings is 1. The first-order valence-corrected chi connectivity index (χ1v) is 10.2. The Kier molecular flexibility index (Phi) is 5.95. The number of hydrogen-bond donors (Lipinski definition) is 0. The quantitative estimate of drug-likeness (QED) is 0.563. The molecule has 0 N–H and O–H groups in total. The van der Waals surface area contributed by atoms with Gasteiger partial charge in [-0.15, -0.1) is 0 Å². The predicted molar refractivity (Wildman–Crippen MR) is 109 cm³/mol. The molecule has 1 aromatic rings. The Morgan fingerprint density at radius 2 is 1.58 bits per heavy atom. The lowest BCUT2D eigenvalue weighted by Crippen LogP contribution is -2.44. The Labute approximate surface area is 160 Å². The van der Waals surface area contributed by atoms with Gasteiger partial charge in [0.15, 0.2) is 0 Å². The molecule has 0 bridgehead atoms. The molecule has 1 aliphatic carbocycles. The lowest BCUT2D eigenvalue weighted by molar-refractivity contribution is -0.170. The summed E-state index contributed by atoms with van der Waals surface area (Å²) in [5, 5.41) is 0. The molecule has 26 heavy (non-hydrogen) atoms. The van der Waals surface area contributed by atoms with Crippen molar-refractivity contribution in [1.29, 1.82) is 0 Å². The van der Waals surface area contributed by atoms with Crippen LogP contribution in [0.4, 0.5) is 0 Å². The van der Waals surface area contributed by atoms with Crippen molar-refractivity contribution < 1.29 is 9.53 Å². The number of carbonyl (C=O) groups excluding carboxylic acids is 1. The van der Waals surface area contributed by atoms with E-state index in [2.05, 4.69) is 66.7 Å². The summed E-state index contributed by atoms with van der Waals surface area (Å²) in [6, 6.07) is 6.62. The molecule has 0 fully saturated rings. The molecule has 0 radical (unpaired) electrons.